The Hall–Kier alpha value is 0.0400. The Morgan fingerprint density at radius 2 is 2.00 bits per heavy atom. The highest BCUT2D eigenvalue weighted by Crippen LogP contribution is 2.25. The van der Waals surface area contributed by atoms with Gasteiger partial charge in [-0.15, -0.1) is 11.6 Å². The van der Waals surface area contributed by atoms with E-state index in [-0.39, 0.29) is 11.3 Å². The average Bonchev–Trinajstić information content (AvgIpc) is 2.07. The van der Waals surface area contributed by atoms with Crippen molar-refractivity contribution in [2.75, 3.05) is 19.6 Å². The van der Waals surface area contributed by atoms with Crippen molar-refractivity contribution in [3.05, 3.63) is 0 Å². The first-order valence-corrected chi connectivity index (χ1v) is 4.25. The van der Waals surface area contributed by atoms with Crippen LogP contribution >= 0.6 is 11.6 Å². The second-order valence-electron chi connectivity index (χ2n) is 3.30. The van der Waals surface area contributed by atoms with Crippen LogP contribution in [0.15, 0.2) is 0 Å². The largest absolute Gasteiger partial charge is 0.401 e. The fraction of sp³-hybridized carbons (Fsp3) is 1.00. The molecule has 0 aromatic heterocycles. The summed E-state index contributed by atoms with van der Waals surface area (Å²) in [5, 5.41) is -0.132. The zero-order valence-corrected chi connectivity index (χ0v) is 7.49. The second kappa shape index (κ2) is 3.42. The number of hydrogen-bond donors (Lipinski definition) is 0. The van der Waals surface area contributed by atoms with Crippen molar-refractivity contribution in [3.63, 3.8) is 0 Å². The van der Waals surface area contributed by atoms with Crippen molar-refractivity contribution in [2.45, 2.75) is 18.5 Å². The molecule has 2 unspecified atom stereocenters. The molecule has 2 atom stereocenters. The lowest BCUT2D eigenvalue weighted by Crippen LogP contribution is -2.32. The van der Waals surface area contributed by atoms with Gasteiger partial charge < -0.3 is 0 Å². The lowest BCUT2D eigenvalue weighted by molar-refractivity contribution is -0.143. The lowest BCUT2D eigenvalue weighted by atomic mass is 10.2. The van der Waals surface area contributed by atoms with Gasteiger partial charge in [-0.05, 0) is 5.92 Å². The standard InChI is InChI=1S/C7H11ClF3N/c1-5-2-12(3-6(5)8)4-7(9,10)11/h5-6H,2-4H2,1H3. The Balaban J connectivity index is 2.38. The molecule has 0 saturated carbocycles. The third-order valence-corrected chi connectivity index (χ3v) is 2.57. The Morgan fingerprint density at radius 1 is 1.42 bits per heavy atom. The third kappa shape index (κ3) is 2.83. The second-order valence-corrected chi connectivity index (χ2v) is 3.86. The molecule has 72 valence electrons. The molecule has 1 saturated heterocycles. The average molecular weight is 202 g/mol. The van der Waals surface area contributed by atoms with E-state index in [1.807, 2.05) is 6.92 Å². The highest BCUT2D eigenvalue weighted by Gasteiger charge is 2.36. The molecule has 1 aliphatic rings. The Bertz CT molecular complexity index is 149. The van der Waals surface area contributed by atoms with Crippen molar-refractivity contribution in [3.8, 4) is 0 Å². The first kappa shape index (κ1) is 10.1. The molecule has 1 rings (SSSR count). The molecule has 1 fully saturated rings. The van der Waals surface area contributed by atoms with E-state index < -0.39 is 12.7 Å². The molecule has 1 aliphatic heterocycles. The van der Waals surface area contributed by atoms with E-state index in [4.69, 9.17) is 11.6 Å². The van der Waals surface area contributed by atoms with Crippen molar-refractivity contribution in [1.29, 1.82) is 0 Å². The molecule has 0 aromatic rings. The highest BCUT2D eigenvalue weighted by molar-refractivity contribution is 6.21. The fourth-order valence-electron chi connectivity index (χ4n) is 1.41. The lowest BCUT2D eigenvalue weighted by Gasteiger charge is -2.16. The summed E-state index contributed by atoms with van der Waals surface area (Å²) in [6.45, 7) is 1.84. The summed E-state index contributed by atoms with van der Waals surface area (Å²) in [4.78, 5) is 1.35. The number of hydrogen-bond acceptors (Lipinski definition) is 1. The SMILES string of the molecule is CC1CN(CC(F)(F)F)CC1Cl. The summed E-state index contributed by atoms with van der Waals surface area (Å²) >= 11 is 5.78. The summed E-state index contributed by atoms with van der Waals surface area (Å²) in [6, 6.07) is 0. The minimum Gasteiger partial charge on any atom is -0.293 e. The molecule has 0 aliphatic carbocycles. The van der Waals surface area contributed by atoms with Gasteiger partial charge in [0, 0.05) is 13.1 Å². The Kier molecular flexibility index (Phi) is 2.88. The number of likely N-dealkylation sites (tertiary alicyclic amines) is 1. The zero-order chi connectivity index (χ0) is 9.35. The van der Waals surface area contributed by atoms with Crippen LogP contribution in [0.1, 0.15) is 6.92 Å². The maximum Gasteiger partial charge on any atom is 0.401 e. The van der Waals surface area contributed by atoms with Crippen molar-refractivity contribution in [1.82, 2.24) is 4.90 Å². The van der Waals surface area contributed by atoms with Crippen LogP contribution in [-0.2, 0) is 0 Å². The maximum atomic E-state index is 11.9. The summed E-state index contributed by atoms with van der Waals surface area (Å²) in [7, 11) is 0. The molecule has 0 radical (unpaired) electrons. The molecule has 0 bridgehead atoms. The molecule has 12 heavy (non-hydrogen) atoms. The smallest absolute Gasteiger partial charge is 0.293 e. The number of rotatable bonds is 1. The topological polar surface area (TPSA) is 3.24 Å². The van der Waals surface area contributed by atoms with Gasteiger partial charge in [0.2, 0.25) is 0 Å². The van der Waals surface area contributed by atoms with E-state index in [1.54, 1.807) is 0 Å². The van der Waals surface area contributed by atoms with Gasteiger partial charge in [-0.1, -0.05) is 6.92 Å². The molecule has 5 heteroatoms. The van der Waals surface area contributed by atoms with E-state index >= 15 is 0 Å². The first-order chi connectivity index (χ1) is 5.38. The van der Waals surface area contributed by atoms with Crippen LogP contribution in [0.2, 0.25) is 0 Å². The van der Waals surface area contributed by atoms with Crippen LogP contribution in [0.4, 0.5) is 13.2 Å². The molecular weight excluding hydrogens is 191 g/mol. The first-order valence-electron chi connectivity index (χ1n) is 3.81. The summed E-state index contributed by atoms with van der Waals surface area (Å²) in [5.41, 5.74) is 0. The van der Waals surface area contributed by atoms with E-state index in [9.17, 15) is 13.2 Å². The highest BCUT2D eigenvalue weighted by atomic mass is 35.5. The predicted octanol–water partition coefficient (Wildman–Crippen LogP) is 2.11. The molecule has 0 spiro atoms. The van der Waals surface area contributed by atoms with Gasteiger partial charge in [-0.3, -0.25) is 4.90 Å². The monoisotopic (exact) mass is 201 g/mol. The normalized spacial score (nSPS) is 32.8. The third-order valence-electron chi connectivity index (χ3n) is 2.00. The van der Waals surface area contributed by atoms with E-state index in [2.05, 4.69) is 0 Å². The van der Waals surface area contributed by atoms with Crippen molar-refractivity contribution in [2.24, 2.45) is 5.92 Å². The van der Waals surface area contributed by atoms with Gasteiger partial charge in [-0.25, -0.2) is 0 Å². The molecule has 1 heterocycles. The molecule has 1 nitrogen and oxygen atoms in total. The summed E-state index contributed by atoms with van der Waals surface area (Å²) in [6.07, 6.45) is -4.10. The summed E-state index contributed by atoms with van der Waals surface area (Å²) in [5.74, 6) is 0.161. The summed E-state index contributed by atoms with van der Waals surface area (Å²) < 4.78 is 35.6. The van der Waals surface area contributed by atoms with Crippen LogP contribution in [0.3, 0.4) is 0 Å². The number of nitrogens with zero attached hydrogens (tertiary/aromatic N) is 1. The minimum atomic E-state index is -4.10. The van der Waals surface area contributed by atoms with Crippen molar-refractivity contribution >= 4 is 11.6 Å². The van der Waals surface area contributed by atoms with Gasteiger partial charge in [-0.2, -0.15) is 13.2 Å². The van der Waals surface area contributed by atoms with E-state index in [0.29, 0.717) is 13.1 Å². The number of alkyl halides is 4. The van der Waals surface area contributed by atoms with Crippen LogP contribution in [0, 0.1) is 5.92 Å². The molecule has 0 N–H and O–H groups in total. The minimum absolute atomic E-state index is 0.132. The number of halogens is 4. The van der Waals surface area contributed by atoms with Crippen LogP contribution in [-0.4, -0.2) is 36.1 Å². The van der Waals surface area contributed by atoms with Gasteiger partial charge in [0.25, 0.3) is 0 Å². The van der Waals surface area contributed by atoms with Gasteiger partial charge >= 0.3 is 6.18 Å². The Morgan fingerprint density at radius 3 is 2.33 bits per heavy atom. The van der Waals surface area contributed by atoms with Crippen LogP contribution in [0.25, 0.3) is 0 Å². The van der Waals surface area contributed by atoms with Gasteiger partial charge in [0.05, 0.1) is 11.9 Å². The quantitative estimate of drug-likeness (QED) is 0.588. The van der Waals surface area contributed by atoms with E-state index in [0.717, 1.165) is 0 Å². The fourth-order valence-corrected chi connectivity index (χ4v) is 1.68. The Labute approximate surface area is 74.5 Å². The molecule has 0 amide bonds. The predicted molar refractivity (Wildman–Crippen MR) is 41.3 cm³/mol. The zero-order valence-electron chi connectivity index (χ0n) is 6.74. The van der Waals surface area contributed by atoms with Gasteiger partial charge in [0.15, 0.2) is 0 Å². The van der Waals surface area contributed by atoms with Crippen LogP contribution < -0.4 is 0 Å². The van der Waals surface area contributed by atoms with Gasteiger partial charge in [0.1, 0.15) is 0 Å². The molecule has 0 aromatic carbocycles. The van der Waals surface area contributed by atoms with Crippen LogP contribution in [0.5, 0.6) is 0 Å². The molecular formula is C7H11ClF3N. The maximum absolute atomic E-state index is 11.9. The van der Waals surface area contributed by atoms with E-state index in [1.165, 1.54) is 4.90 Å². The van der Waals surface area contributed by atoms with Crippen molar-refractivity contribution < 1.29 is 13.2 Å².